The molecule has 1 fully saturated rings. The lowest BCUT2D eigenvalue weighted by molar-refractivity contribution is 0.214. The number of nitrogens with one attached hydrogen (secondary N) is 1. The van der Waals surface area contributed by atoms with Gasteiger partial charge in [0.2, 0.25) is 0 Å². The molecular weight excluding hydrogens is 396 g/mol. The SMILES string of the molecule is O=C(Nc1ccc2nc3c4ccccc4c4ccccc4c3nc2c1)N1CCCCCC1. The first kappa shape index (κ1) is 19.0. The quantitative estimate of drug-likeness (QED) is 0.249. The molecule has 5 nitrogen and oxygen atoms in total. The van der Waals surface area contributed by atoms with Crippen molar-refractivity contribution < 1.29 is 4.79 Å². The number of hydrogen-bond acceptors (Lipinski definition) is 3. The maximum atomic E-state index is 12.8. The summed E-state index contributed by atoms with van der Waals surface area (Å²) in [4.78, 5) is 24.7. The van der Waals surface area contributed by atoms with Crippen molar-refractivity contribution in [2.75, 3.05) is 18.4 Å². The highest BCUT2D eigenvalue weighted by molar-refractivity contribution is 6.23. The van der Waals surface area contributed by atoms with Gasteiger partial charge < -0.3 is 10.2 Å². The Balaban J connectivity index is 1.47. The molecule has 158 valence electrons. The molecule has 5 aromatic rings. The van der Waals surface area contributed by atoms with Crippen molar-refractivity contribution in [2.24, 2.45) is 0 Å². The average molecular weight is 421 g/mol. The Morgan fingerprint density at radius 2 is 1.25 bits per heavy atom. The van der Waals surface area contributed by atoms with Crippen molar-refractivity contribution in [1.29, 1.82) is 0 Å². The minimum atomic E-state index is -0.0311. The molecule has 0 saturated carbocycles. The Morgan fingerprint density at radius 1 is 0.688 bits per heavy atom. The Kier molecular flexibility index (Phi) is 4.60. The molecule has 32 heavy (non-hydrogen) atoms. The molecule has 1 aromatic heterocycles. The van der Waals surface area contributed by atoms with E-state index in [9.17, 15) is 4.79 Å². The summed E-state index contributed by atoms with van der Waals surface area (Å²) < 4.78 is 0. The van der Waals surface area contributed by atoms with Gasteiger partial charge in [0.1, 0.15) is 0 Å². The van der Waals surface area contributed by atoms with Gasteiger partial charge in [-0.2, -0.15) is 0 Å². The fraction of sp³-hybridized carbons (Fsp3) is 0.222. The Labute approximate surface area is 186 Å². The third-order valence-corrected chi connectivity index (χ3v) is 6.46. The van der Waals surface area contributed by atoms with Crippen molar-refractivity contribution in [1.82, 2.24) is 14.9 Å². The van der Waals surface area contributed by atoms with Crippen molar-refractivity contribution in [2.45, 2.75) is 25.7 Å². The van der Waals surface area contributed by atoms with E-state index in [1.54, 1.807) is 0 Å². The van der Waals surface area contributed by atoms with Gasteiger partial charge in [-0.1, -0.05) is 61.4 Å². The molecule has 1 aliphatic heterocycles. The summed E-state index contributed by atoms with van der Waals surface area (Å²) in [5, 5.41) is 7.63. The normalized spacial score (nSPS) is 14.8. The van der Waals surface area contributed by atoms with E-state index in [0.29, 0.717) is 0 Å². The second kappa shape index (κ2) is 7.75. The number of nitrogens with zero attached hydrogens (tertiary/aromatic N) is 3. The number of fused-ring (bicyclic) bond motifs is 7. The lowest BCUT2D eigenvalue weighted by atomic mass is 9.99. The number of amides is 2. The molecule has 1 aliphatic rings. The van der Waals surface area contributed by atoms with Crippen LogP contribution in [-0.2, 0) is 0 Å². The number of anilines is 1. The number of aromatic nitrogens is 2. The minimum absolute atomic E-state index is 0.0311. The lowest BCUT2D eigenvalue weighted by Crippen LogP contribution is -2.35. The topological polar surface area (TPSA) is 58.1 Å². The van der Waals surface area contributed by atoms with Crippen molar-refractivity contribution in [3.05, 3.63) is 66.7 Å². The second-order valence-corrected chi connectivity index (χ2v) is 8.55. The number of carbonyl (C=O) groups is 1. The number of benzene rings is 4. The Hall–Kier alpha value is -3.73. The van der Waals surface area contributed by atoms with Crippen LogP contribution in [0.3, 0.4) is 0 Å². The van der Waals surface area contributed by atoms with Crippen LogP contribution in [0.25, 0.3) is 43.6 Å². The Bertz CT molecular complexity index is 1490. The molecule has 5 heteroatoms. The van der Waals surface area contributed by atoms with E-state index in [1.807, 2.05) is 35.2 Å². The zero-order valence-corrected chi connectivity index (χ0v) is 17.8. The second-order valence-electron chi connectivity index (χ2n) is 8.55. The van der Waals surface area contributed by atoms with Crippen LogP contribution in [0.1, 0.15) is 25.7 Å². The summed E-state index contributed by atoms with van der Waals surface area (Å²) in [6.07, 6.45) is 4.55. The van der Waals surface area contributed by atoms with Crippen molar-refractivity contribution >= 4 is 55.3 Å². The predicted molar refractivity (Wildman–Crippen MR) is 131 cm³/mol. The molecule has 0 unspecified atom stereocenters. The van der Waals surface area contributed by atoms with Gasteiger partial charge in [-0.05, 0) is 41.8 Å². The molecule has 1 saturated heterocycles. The minimum Gasteiger partial charge on any atom is -0.325 e. The Morgan fingerprint density at radius 3 is 1.88 bits per heavy atom. The van der Waals surface area contributed by atoms with E-state index in [0.717, 1.165) is 64.5 Å². The van der Waals surface area contributed by atoms with Crippen LogP contribution in [0, 0.1) is 0 Å². The van der Waals surface area contributed by atoms with Crippen LogP contribution in [-0.4, -0.2) is 34.0 Å². The van der Waals surface area contributed by atoms with Crippen molar-refractivity contribution in [3.8, 4) is 0 Å². The lowest BCUT2D eigenvalue weighted by Gasteiger charge is -2.20. The molecule has 6 rings (SSSR count). The molecule has 0 radical (unpaired) electrons. The molecule has 0 spiro atoms. The summed E-state index contributed by atoms with van der Waals surface area (Å²) >= 11 is 0. The highest BCUT2D eigenvalue weighted by atomic mass is 16.2. The maximum absolute atomic E-state index is 12.8. The highest BCUT2D eigenvalue weighted by Crippen LogP contribution is 2.34. The summed E-state index contributed by atoms with van der Waals surface area (Å²) in [6.45, 7) is 1.64. The van der Waals surface area contributed by atoms with E-state index in [-0.39, 0.29) is 6.03 Å². The molecule has 0 atom stereocenters. The highest BCUT2D eigenvalue weighted by Gasteiger charge is 2.16. The smallest absolute Gasteiger partial charge is 0.321 e. The van der Waals surface area contributed by atoms with Crippen LogP contribution in [0.15, 0.2) is 66.7 Å². The van der Waals surface area contributed by atoms with Crippen LogP contribution < -0.4 is 5.32 Å². The third-order valence-electron chi connectivity index (χ3n) is 6.46. The first-order valence-corrected chi connectivity index (χ1v) is 11.3. The van der Waals surface area contributed by atoms with E-state index in [1.165, 1.54) is 23.6 Å². The standard InChI is InChI=1S/C27H24N4O/c32-27(31-15-7-1-2-8-16-31)28-18-13-14-23-24(17-18)30-26-22-12-6-4-10-20(22)19-9-3-5-11-21(19)25(26)29-23/h3-6,9-14,17H,1-2,7-8,15-16H2,(H,28,32). The monoisotopic (exact) mass is 420 g/mol. The summed E-state index contributed by atoms with van der Waals surface area (Å²) in [5.74, 6) is 0. The molecule has 2 heterocycles. The summed E-state index contributed by atoms with van der Waals surface area (Å²) in [5.41, 5.74) is 4.17. The van der Waals surface area contributed by atoms with Crippen LogP contribution in [0.4, 0.5) is 10.5 Å². The largest absolute Gasteiger partial charge is 0.325 e. The van der Waals surface area contributed by atoms with Crippen molar-refractivity contribution in [3.63, 3.8) is 0 Å². The molecule has 0 bridgehead atoms. The van der Waals surface area contributed by atoms with E-state index in [4.69, 9.17) is 9.97 Å². The molecule has 4 aromatic carbocycles. The van der Waals surface area contributed by atoms with Crippen LogP contribution >= 0.6 is 0 Å². The van der Waals surface area contributed by atoms with Gasteiger partial charge in [-0.25, -0.2) is 14.8 Å². The average Bonchev–Trinajstić information content (AvgIpc) is 3.13. The van der Waals surface area contributed by atoms with Gasteiger partial charge in [0, 0.05) is 29.5 Å². The van der Waals surface area contributed by atoms with Crippen LogP contribution in [0.5, 0.6) is 0 Å². The molecular formula is C27H24N4O. The van der Waals surface area contributed by atoms with Gasteiger partial charge in [-0.3, -0.25) is 0 Å². The first-order chi connectivity index (χ1) is 15.8. The first-order valence-electron chi connectivity index (χ1n) is 11.3. The molecule has 2 amide bonds. The maximum Gasteiger partial charge on any atom is 0.321 e. The van der Waals surface area contributed by atoms with E-state index >= 15 is 0 Å². The number of urea groups is 1. The number of hydrogen-bond donors (Lipinski definition) is 1. The van der Waals surface area contributed by atoms with E-state index < -0.39 is 0 Å². The zero-order chi connectivity index (χ0) is 21.5. The fourth-order valence-corrected chi connectivity index (χ4v) is 4.83. The molecule has 1 N–H and O–H groups in total. The van der Waals surface area contributed by atoms with Gasteiger partial charge in [0.25, 0.3) is 0 Å². The van der Waals surface area contributed by atoms with Gasteiger partial charge in [0.15, 0.2) is 0 Å². The van der Waals surface area contributed by atoms with Gasteiger partial charge >= 0.3 is 6.03 Å². The number of rotatable bonds is 1. The van der Waals surface area contributed by atoms with Gasteiger partial charge in [-0.15, -0.1) is 0 Å². The zero-order valence-electron chi connectivity index (χ0n) is 17.8. The molecule has 0 aliphatic carbocycles. The number of likely N-dealkylation sites (tertiary alicyclic amines) is 1. The third kappa shape index (κ3) is 3.21. The number of carbonyl (C=O) groups excluding carboxylic acids is 1. The predicted octanol–water partition coefficient (Wildman–Crippen LogP) is 6.50. The summed E-state index contributed by atoms with van der Waals surface area (Å²) in [6, 6.07) is 22.5. The van der Waals surface area contributed by atoms with Gasteiger partial charge in [0.05, 0.1) is 22.1 Å². The summed E-state index contributed by atoms with van der Waals surface area (Å²) in [7, 11) is 0. The van der Waals surface area contributed by atoms with E-state index in [2.05, 4.69) is 41.7 Å². The van der Waals surface area contributed by atoms with Crippen LogP contribution in [0.2, 0.25) is 0 Å². The fourth-order valence-electron chi connectivity index (χ4n) is 4.83.